The van der Waals surface area contributed by atoms with E-state index < -0.39 is 0 Å². The second-order valence-corrected chi connectivity index (χ2v) is 11.5. The minimum absolute atomic E-state index is 0. The molecule has 0 aromatic heterocycles. The van der Waals surface area contributed by atoms with E-state index in [0.29, 0.717) is 15.5 Å². The van der Waals surface area contributed by atoms with E-state index in [1.165, 1.54) is 0 Å². The summed E-state index contributed by atoms with van der Waals surface area (Å²) in [6.07, 6.45) is 0. The van der Waals surface area contributed by atoms with Crippen LogP contribution in [0.1, 0.15) is 62.3 Å². The van der Waals surface area contributed by atoms with Crippen LogP contribution in [0, 0.1) is 0 Å². The van der Waals surface area contributed by atoms with E-state index in [-0.39, 0.29) is 26.7 Å². The molecule has 0 aliphatic carbocycles. The van der Waals surface area contributed by atoms with Crippen LogP contribution in [0.5, 0.6) is 0 Å². The third kappa shape index (κ3) is 9.82. The molecule has 17 heavy (non-hydrogen) atoms. The van der Waals surface area contributed by atoms with Crippen LogP contribution in [0.3, 0.4) is 0 Å². The van der Waals surface area contributed by atoms with E-state index in [1.807, 2.05) is 0 Å². The van der Waals surface area contributed by atoms with Crippen molar-refractivity contribution in [1.29, 1.82) is 0 Å². The molecule has 0 fully saturated rings. The molecule has 0 aromatic rings. The summed E-state index contributed by atoms with van der Waals surface area (Å²) in [5.74, 6) is 0. The molecule has 0 aromatic carbocycles. The zero-order chi connectivity index (χ0) is 11.1. The maximum atomic E-state index is 2.38. The predicted octanol–water partition coefficient (Wildman–Crippen LogP) is 5.47. The second-order valence-electron chi connectivity index (χ2n) is 6.85. The Morgan fingerprint density at radius 3 is 0.529 bits per heavy atom. The van der Waals surface area contributed by atoms with Crippen molar-refractivity contribution in [3.63, 3.8) is 0 Å². The minimum Gasteiger partial charge on any atom is -0.269 e. The fraction of sp³-hybridized carbons (Fsp3) is 1.00. The highest BCUT2D eigenvalue weighted by molar-refractivity contribution is 7.62. The summed E-state index contributed by atoms with van der Waals surface area (Å²) in [6.45, 7) is 21.5. The van der Waals surface area contributed by atoms with E-state index in [4.69, 9.17) is 0 Å². The SMILES string of the molecule is CC(C)(C)P(C(C)(C)C)C(C)(C)C.F.F.F.F. The molecule has 0 N–H and O–H groups in total. The molecule has 112 valence electrons. The maximum Gasteiger partial charge on any atom is -0.0170 e. The van der Waals surface area contributed by atoms with Gasteiger partial charge in [-0.1, -0.05) is 70.2 Å². The minimum atomic E-state index is 0. The summed E-state index contributed by atoms with van der Waals surface area (Å²) >= 11 is 0. The smallest absolute Gasteiger partial charge is 0.0170 e. The van der Waals surface area contributed by atoms with Crippen molar-refractivity contribution in [2.24, 2.45) is 0 Å². The zero-order valence-electron chi connectivity index (χ0n) is 12.6. The molecular formula is C12H31F4P. The first-order chi connectivity index (χ1) is 5.37. The van der Waals surface area contributed by atoms with Crippen molar-refractivity contribution in [3.8, 4) is 0 Å². The number of hydrogen-bond donors (Lipinski definition) is 0. The van der Waals surface area contributed by atoms with Crippen molar-refractivity contribution >= 4 is 7.92 Å². The third-order valence-corrected chi connectivity index (χ3v) is 6.04. The Balaban J connectivity index is -0.000000120. The van der Waals surface area contributed by atoms with Crippen LogP contribution < -0.4 is 0 Å². The quantitative estimate of drug-likeness (QED) is 0.408. The van der Waals surface area contributed by atoms with Gasteiger partial charge in [0.2, 0.25) is 0 Å². The summed E-state index contributed by atoms with van der Waals surface area (Å²) in [5.41, 5.74) is 0. The monoisotopic (exact) mass is 282 g/mol. The van der Waals surface area contributed by atoms with Gasteiger partial charge in [0.15, 0.2) is 0 Å². The fourth-order valence-corrected chi connectivity index (χ4v) is 9.06. The molecule has 0 saturated carbocycles. The first-order valence-electron chi connectivity index (χ1n) is 5.17. The fourth-order valence-electron chi connectivity index (χ4n) is 3.02. The van der Waals surface area contributed by atoms with Crippen molar-refractivity contribution in [2.45, 2.75) is 77.8 Å². The van der Waals surface area contributed by atoms with Crippen molar-refractivity contribution < 1.29 is 18.8 Å². The second kappa shape index (κ2) is 8.29. The lowest BCUT2D eigenvalue weighted by molar-refractivity contribution is 0.644. The molecule has 0 spiro atoms. The molecule has 0 amide bonds. The van der Waals surface area contributed by atoms with E-state index in [9.17, 15) is 0 Å². The van der Waals surface area contributed by atoms with Gasteiger partial charge >= 0.3 is 0 Å². The summed E-state index contributed by atoms with van der Waals surface area (Å²) in [6, 6.07) is 0. The molecule has 0 nitrogen and oxygen atoms in total. The summed E-state index contributed by atoms with van der Waals surface area (Å²) in [7, 11) is 0.0162. The molecule has 0 aliphatic rings. The molecule has 0 atom stereocenters. The molecular weight excluding hydrogens is 251 g/mol. The van der Waals surface area contributed by atoms with Crippen molar-refractivity contribution in [1.82, 2.24) is 0 Å². The summed E-state index contributed by atoms with van der Waals surface area (Å²) in [5, 5.41) is 1.35. The maximum absolute atomic E-state index is 2.38. The van der Waals surface area contributed by atoms with Crippen molar-refractivity contribution in [2.75, 3.05) is 0 Å². The topological polar surface area (TPSA) is 0 Å². The molecule has 0 rings (SSSR count). The number of rotatable bonds is 0. The van der Waals surface area contributed by atoms with Gasteiger partial charge < -0.3 is 0 Å². The Labute approximate surface area is 105 Å². The van der Waals surface area contributed by atoms with Crippen LogP contribution in [0.15, 0.2) is 0 Å². The van der Waals surface area contributed by atoms with Crippen LogP contribution in [0.25, 0.3) is 0 Å². The highest BCUT2D eigenvalue weighted by Gasteiger charge is 2.41. The van der Waals surface area contributed by atoms with Crippen molar-refractivity contribution in [3.05, 3.63) is 0 Å². The van der Waals surface area contributed by atoms with Gasteiger partial charge in [-0.15, -0.1) is 0 Å². The Bertz CT molecular complexity index is 141. The van der Waals surface area contributed by atoms with Gasteiger partial charge in [-0.2, -0.15) is 0 Å². The average Bonchev–Trinajstić information content (AvgIpc) is 1.44. The molecule has 0 radical (unpaired) electrons. The van der Waals surface area contributed by atoms with Gasteiger partial charge in [0, 0.05) is 0 Å². The van der Waals surface area contributed by atoms with E-state index in [0.717, 1.165) is 0 Å². The van der Waals surface area contributed by atoms with Crippen LogP contribution in [-0.4, -0.2) is 15.5 Å². The average molecular weight is 282 g/mol. The number of halogens is 4. The van der Waals surface area contributed by atoms with E-state index in [2.05, 4.69) is 62.3 Å². The van der Waals surface area contributed by atoms with E-state index in [1.54, 1.807) is 0 Å². The molecule has 0 heterocycles. The Morgan fingerprint density at radius 2 is 0.529 bits per heavy atom. The lowest BCUT2D eigenvalue weighted by atomic mass is 10.2. The molecule has 0 unspecified atom stereocenters. The standard InChI is InChI=1S/C12H27P.4FH/c1-10(2,3)13(11(4,5)6)12(7,8)9;;;;/h1-9H3;4*1H. The van der Waals surface area contributed by atoms with Gasteiger partial charge in [0.1, 0.15) is 0 Å². The Hall–Kier alpha value is 0.150. The molecule has 0 saturated heterocycles. The van der Waals surface area contributed by atoms with Crippen LogP contribution >= 0.6 is 7.92 Å². The summed E-state index contributed by atoms with van der Waals surface area (Å²) in [4.78, 5) is 0. The summed E-state index contributed by atoms with van der Waals surface area (Å²) < 4.78 is 0. The highest BCUT2D eigenvalue weighted by Crippen LogP contribution is 2.66. The lowest BCUT2D eigenvalue weighted by Gasteiger charge is -2.49. The lowest BCUT2D eigenvalue weighted by Crippen LogP contribution is -2.34. The molecule has 0 bridgehead atoms. The zero-order valence-corrected chi connectivity index (χ0v) is 13.5. The Kier molecular flexibility index (Phi) is 14.8. The Morgan fingerprint density at radius 1 is 0.412 bits per heavy atom. The van der Waals surface area contributed by atoms with Gasteiger partial charge in [-0.3, -0.25) is 18.8 Å². The normalized spacial score (nSPS) is 11.6. The van der Waals surface area contributed by atoms with Gasteiger partial charge in [0.25, 0.3) is 0 Å². The van der Waals surface area contributed by atoms with Gasteiger partial charge in [-0.05, 0) is 15.5 Å². The van der Waals surface area contributed by atoms with Gasteiger partial charge in [0.05, 0.1) is 0 Å². The highest BCUT2D eigenvalue weighted by atomic mass is 31.1. The first-order valence-corrected chi connectivity index (χ1v) is 6.51. The van der Waals surface area contributed by atoms with Crippen LogP contribution in [-0.2, 0) is 0 Å². The third-order valence-electron chi connectivity index (χ3n) is 2.01. The van der Waals surface area contributed by atoms with Crippen LogP contribution in [0.2, 0.25) is 0 Å². The first kappa shape index (κ1) is 30.3. The van der Waals surface area contributed by atoms with Gasteiger partial charge in [-0.25, -0.2) is 0 Å². The largest absolute Gasteiger partial charge is 0.269 e. The molecule has 5 heteroatoms. The van der Waals surface area contributed by atoms with E-state index >= 15 is 0 Å². The van der Waals surface area contributed by atoms with Crippen LogP contribution in [0.4, 0.5) is 18.8 Å². The predicted molar refractivity (Wildman–Crippen MR) is 76.2 cm³/mol. The molecule has 0 aliphatic heterocycles. The number of hydrogen-bond acceptors (Lipinski definition) is 0.